The number of amides is 1. The van der Waals surface area contributed by atoms with Crippen molar-refractivity contribution in [2.45, 2.75) is 13.3 Å². The summed E-state index contributed by atoms with van der Waals surface area (Å²) in [6.45, 7) is 4.05. The standard InChI is InChI=1S/C11H15ClN4O3/c1-2-13-4-3-5-14-11(17)8-6-10(12)15-7-9(8)16(18)19/h6-7,13H,2-5H2,1H3,(H,14,17). The number of nitro groups is 1. The third-order valence-corrected chi connectivity index (χ3v) is 2.56. The van der Waals surface area contributed by atoms with E-state index in [4.69, 9.17) is 11.6 Å². The molecule has 0 aliphatic rings. The van der Waals surface area contributed by atoms with Crippen LogP contribution in [0.25, 0.3) is 0 Å². The molecular formula is C11H15ClN4O3. The van der Waals surface area contributed by atoms with Crippen LogP contribution in [0.1, 0.15) is 23.7 Å². The molecule has 0 aliphatic heterocycles. The lowest BCUT2D eigenvalue weighted by Crippen LogP contribution is -2.28. The zero-order valence-electron chi connectivity index (χ0n) is 10.5. The van der Waals surface area contributed by atoms with Gasteiger partial charge >= 0.3 is 0 Å². The van der Waals surface area contributed by atoms with Crippen molar-refractivity contribution in [1.82, 2.24) is 15.6 Å². The van der Waals surface area contributed by atoms with Gasteiger partial charge in [-0.25, -0.2) is 4.98 Å². The number of nitrogens with one attached hydrogen (secondary N) is 2. The molecule has 0 radical (unpaired) electrons. The largest absolute Gasteiger partial charge is 0.352 e. The molecule has 0 saturated carbocycles. The molecule has 2 N–H and O–H groups in total. The third-order valence-electron chi connectivity index (χ3n) is 2.36. The first-order valence-electron chi connectivity index (χ1n) is 5.85. The van der Waals surface area contributed by atoms with Crippen LogP contribution in [0.2, 0.25) is 5.15 Å². The van der Waals surface area contributed by atoms with E-state index in [2.05, 4.69) is 15.6 Å². The summed E-state index contributed by atoms with van der Waals surface area (Å²) < 4.78 is 0. The van der Waals surface area contributed by atoms with Crippen molar-refractivity contribution in [3.8, 4) is 0 Å². The molecule has 1 amide bonds. The summed E-state index contributed by atoms with van der Waals surface area (Å²) in [6.07, 6.45) is 1.72. The SMILES string of the molecule is CCNCCCNC(=O)c1cc(Cl)ncc1[N+](=O)[O-]. The lowest BCUT2D eigenvalue weighted by molar-refractivity contribution is -0.385. The molecule has 0 atom stereocenters. The number of hydrogen-bond donors (Lipinski definition) is 2. The molecule has 0 unspecified atom stereocenters. The van der Waals surface area contributed by atoms with Crippen LogP contribution in [0, 0.1) is 10.1 Å². The van der Waals surface area contributed by atoms with Crippen LogP contribution in [0.5, 0.6) is 0 Å². The Hall–Kier alpha value is -1.73. The molecule has 1 heterocycles. The summed E-state index contributed by atoms with van der Waals surface area (Å²) in [5.41, 5.74) is -0.429. The number of carbonyl (C=O) groups excluding carboxylic acids is 1. The summed E-state index contributed by atoms with van der Waals surface area (Å²) in [5.74, 6) is -0.521. The van der Waals surface area contributed by atoms with Crippen LogP contribution in [0.15, 0.2) is 12.3 Å². The second-order valence-corrected chi connectivity index (χ2v) is 4.13. The van der Waals surface area contributed by atoms with Gasteiger partial charge in [-0.15, -0.1) is 0 Å². The molecule has 1 aromatic rings. The Balaban J connectivity index is 2.65. The predicted molar refractivity (Wildman–Crippen MR) is 71.4 cm³/mol. The van der Waals surface area contributed by atoms with Crippen LogP contribution in [0.4, 0.5) is 5.69 Å². The highest BCUT2D eigenvalue weighted by atomic mass is 35.5. The Bertz CT molecular complexity index is 467. The Morgan fingerprint density at radius 1 is 1.53 bits per heavy atom. The van der Waals surface area contributed by atoms with Crippen LogP contribution in [-0.4, -0.2) is 35.4 Å². The van der Waals surface area contributed by atoms with Gasteiger partial charge in [0, 0.05) is 6.54 Å². The maximum atomic E-state index is 11.8. The average molecular weight is 287 g/mol. The smallest absolute Gasteiger partial charge is 0.300 e. The zero-order chi connectivity index (χ0) is 14.3. The second kappa shape index (κ2) is 7.65. The number of carbonyl (C=O) groups is 1. The van der Waals surface area contributed by atoms with Gasteiger partial charge in [-0.05, 0) is 25.6 Å². The van der Waals surface area contributed by atoms with Crippen molar-refractivity contribution >= 4 is 23.2 Å². The molecule has 19 heavy (non-hydrogen) atoms. The molecule has 1 aromatic heterocycles. The molecule has 0 bridgehead atoms. The monoisotopic (exact) mass is 286 g/mol. The summed E-state index contributed by atoms with van der Waals surface area (Å²) in [7, 11) is 0. The minimum Gasteiger partial charge on any atom is -0.352 e. The van der Waals surface area contributed by atoms with Crippen molar-refractivity contribution in [3.63, 3.8) is 0 Å². The molecule has 0 aliphatic carbocycles. The third kappa shape index (κ3) is 4.80. The van der Waals surface area contributed by atoms with E-state index in [0.717, 1.165) is 25.7 Å². The molecule has 7 nitrogen and oxygen atoms in total. The van der Waals surface area contributed by atoms with Crippen LogP contribution in [-0.2, 0) is 0 Å². The fraction of sp³-hybridized carbons (Fsp3) is 0.455. The van der Waals surface area contributed by atoms with Crippen molar-refractivity contribution in [2.75, 3.05) is 19.6 Å². The number of hydrogen-bond acceptors (Lipinski definition) is 5. The predicted octanol–water partition coefficient (Wildman–Crippen LogP) is 1.37. The minimum absolute atomic E-state index is 0.0448. The summed E-state index contributed by atoms with van der Waals surface area (Å²) in [4.78, 5) is 25.6. The highest BCUT2D eigenvalue weighted by molar-refractivity contribution is 6.29. The van der Waals surface area contributed by atoms with Gasteiger partial charge in [-0.1, -0.05) is 18.5 Å². The van der Waals surface area contributed by atoms with Gasteiger partial charge in [0.2, 0.25) is 0 Å². The Morgan fingerprint density at radius 3 is 2.89 bits per heavy atom. The summed E-state index contributed by atoms with van der Waals surface area (Å²) in [6, 6.07) is 1.19. The molecule has 104 valence electrons. The van der Waals surface area contributed by atoms with Crippen molar-refractivity contribution in [3.05, 3.63) is 33.1 Å². The van der Waals surface area contributed by atoms with E-state index in [9.17, 15) is 14.9 Å². The molecule has 0 fully saturated rings. The maximum absolute atomic E-state index is 11.8. The van der Waals surface area contributed by atoms with E-state index in [1.165, 1.54) is 6.07 Å². The maximum Gasteiger partial charge on any atom is 0.300 e. The lowest BCUT2D eigenvalue weighted by atomic mass is 10.2. The normalized spacial score (nSPS) is 10.2. The van der Waals surface area contributed by atoms with Gasteiger partial charge in [0.1, 0.15) is 16.9 Å². The number of halogens is 1. The van der Waals surface area contributed by atoms with E-state index in [1.54, 1.807) is 0 Å². The van der Waals surface area contributed by atoms with Gasteiger partial charge in [0.15, 0.2) is 0 Å². The van der Waals surface area contributed by atoms with Gasteiger partial charge in [-0.3, -0.25) is 14.9 Å². The topological polar surface area (TPSA) is 97.2 Å². The molecule has 0 saturated heterocycles. The summed E-state index contributed by atoms with van der Waals surface area (Å²) in [5, 5.41) is 16.6. The number of rotatable bonds is 7. The van der Waals surface area contributed by atoms with Crippen LogP contribution >= 0.6 is 11.6 Å². The van der Waals surface area contributed by atoms with Crippen molar-refractivity contribution < 1.29 is 9.72 Å². The fourth-order valence-electron chi connectivity index (χ4n) is 1.44. The van der Waals surface area contributed by atoms with Crippen LogP contribution < -0.4 is 10.6 Å². The molecular weight excluding hydrogens is 272 g/mol. The number of pyridine rings is 1. The minimum atomic E-state index is -0.656. The highest BCUT2D eigenvalue weighted by Gasteiger charge is 2.20. The second-order valence-electron chi connectivity index (χ2n) is 3.74. The highest BCUT2D eigenvalue weighted by Crippen LogP contribution is 2.19. The molecule has 0 spiro atoms. The van der Waals surface area contributed by atoms with Crippen LogP contribution in [0.3, 0.4) is 0 Å². The average Bonchev–Trinajstić information content (AvgIpc) is 2.37. The van der Waals surface area contributed by atoms with Crippen molar-refractivity contribution in [2.24, 2.45) is 0 Å². The van der Waals surface area contributed by atoms with E-state index >= 15 is 0 Å². The lowest BCUT2D eigenvalue weighted by Gasteiger charge is -2.06. The fourth-order valence-corrected chi connectivity index (χ4v) is 1.60. The first kappa shape index (κ1) is 15.3. The van der Waals surface area contributed by atoms with E-state index in [1.807, 2.05) is 6.92 Å². The summed E-state index contributed by atoms with van der Waals surface area (Å²) >= 11 is 5.64. The first-order valence-corrected chi connectivity index (χ1v) is 6.23. The van der Waals surface area contributed by atoms with Crippen molar-refractivity contribution in [1.29, 1.82) is 0 Å². The number of nitrogens with zero attached hydrogens (tertiary/aromatic N) is 2. The van der Waals surface area contributed by atoms with Gasteiger partial charge in [0.25, 0.3) is 11.6 Å². The Morgan fingerprint density at radius 2 is 2.26 bits per heavy atom. The van der Waals surface area contributed by atoms with Gasteiger partial charge in [0.05, 0.1) is 4.92 Å². The molecule has 1 rings (SSSR count). The van der Waals surface area contributed by atoms with Gasteiger partial charge < -0.3 is 10.6 Å². The molecule has 0 aromatic carbocycles. The Kier molecular flexibility index (Phi) is 6.17. The number of aromatic nitrogens is 1. The van der Waals surface area contributed by atoms with E-state index < -0.39 is 10.8 Å². The van der Waals surface area contributed by atoms with E-state index in [0.29, 0.717) is 6.54 Å². The Labute approximate surface area is 115 Å². The van der Waals surface area contributed by atoms with E-state index in [-0.39, 0.29) is 16.4 Å². The quantitative estimate of drug-likeness (QED) is 0.341. The molecule has 8 heteroatoms. The van der Waals surface area contributed by atoms with Gasteiger partial charge in [-0.2, -0.15) is 0 Å². The first-order chi connectivity index (χ1) is 9.06. The zero-order valence-corrected chi connectivity index (χ0v) is 11.2.